The lowest BCUT2D eigenvalue weighted by Crippen LogP contribution is -2.50. The van der Waals surface area contributed by atoms with Crippen molar-refractivity contribution in [3.63, 3.8) is 0 Å². The lowest BCUT2D eigenvalue weighted by atomic mass is 10.1. The maximum absolute atomic E-state index is 14.1. The number of rotatable bonds is 8. The van der Waals surface area contributed by atoms with Crippen LogP contribution in [0.5, 0.6) is 0 Å². The van der Waals surface area contributed by atoms with E-state index >= 15 is 0 Å². The Kier molecular flexibility index (Phi) is 7.67. The Labute approximate surface area is 164 Å². The van der Waals surface area contributed by atoms with E-state index in [2.05, 4.69) is 5.32 Å². The van der Waals surface area contributed by atoms with Gasteiger partial charge in [-0.15, -0.1) is 0 Å². The molecule has 0 aliphatic rings. The van der Waals surface area contributed by atoms with E-state index in [-0.39, 0.29) is 30.5 Å². The minimum atomic E-state index is -0.826. The molecule has 0 aliphatic carbocycles. The number of halogens is 2. The summed E-state index contributed by atoms with van der Waals surface area (Å²) >= 11 is 0. The first-order chi connectivity index (χ1) is 13.3. The molecule has 0 fully saturated rings. The summed E-state index contributed by atoms with van der Waals surface area (Å²) in [7, 11) is 0. The average molecular weight is 388 g/mol. The number of carbonyl (C=O) groups is 2. The van der Waals surface area contributed by atoms with Gasteiger partial charge in [-0.2, -0.15) is 0 Å². The van der Waals surface area contributed by atoms with Crippen LogP contribution < -0.4 is 5.32 Å². The fourth-order valence-electron chi connectivity index (χ4n) is 2.76. The van der Waals surface area contributed by atoms with Crippen molar-refractivity contribution < 1.29 is 18.4 Å². The molecule has 0 unspecified atom stereocenters. The molecule has 2 amide bonds. The second kappa shape index (κ2) is 9.97. The molecule has 0 aliphatic heterocycles. The van der Waals surface area contributed by atoms with Crippen molar-refractivity contribution in [1.82, 2.24) is 10.2 Å². The first-order valence-electron chi connectivity index (χ1n) is 9.40. The van der Waals surface area contributed by atoms with Gasteiger partial charge in [-0.25, -0.2) is 8.78 Å². The second-order valence-electron chi connectivity index (χ2n) is 6.88. The van der Waals surface area contributed by atoms with Crippen molar-refractivity contribution in [2.75, 3.05) is 0 Å². The first-order valence-corrected chi connectivity index (χ1v) is 9.40. The van der Waals surface area contributed by atoms with Crippen molar-refractivity contribution in [3.8, 4) is 0 Å². The fourth-order valence-corrected chi connectivity index (χ4v) is 2.76. The van der Waals surface area contributed by atoms with Crippen LogP contribution >= 0.6 is 0 Å². The standard InChI is InChI=1S/C22H26F2N2O2/c1-4-15(2)25-22(28)16(3)26(14-18-10-6-8-12-20(18)24)21(27)13-17-9-5-7-11-19(17)23/h5-12,15-16H,4,13-14H2,1-3H3,(H,25,28)/t15-,16+/m0/s1. The maximum atomic E-state index is 14.1. The highest BCUT2D eigenvalue weighted by molar-refractivity contribution is 5.88. The van der Waals surface area contributed by atoms with Gasteiger partial charge in [0.25, 0.3) is 0 Å². The number of benzene rings is 2. The molecule has 0 saturated heterocycles. The van der Waals surface area contributed by atoms with E-state index in [0.29, 0.717) is 5.56 Å². The molecule has 2 rings (SSSR count). The smallest absolute Gasteiger partial charge is 0.242 e. The van der Waals surface area contributed by atoms with E-state index in [4.69, 9.17) is 0 Å². The van der Waals surface area contributed by atoms with Crippen LogP contribution in [0.15, 0.2) is 48.5 Å². The summed E-state index contributed by atoms with van der Waals surface area (Å²) < 4.78 is 28.1. The van der Waals surface area contributed by atoms with Crippen LogP contribution in [0.4, 0.5) is 8.78 Å². The zero-order valence-corrected chi connectivity index (χ0v) is 16.4. The molecule has 0 saturated carbocycles. The normalized spacial score (nSPS) is 12.9. The number of nitrogens with one attached hydrogen (secondary N) is 1. The van der Waals surface area contributed by atoms with Crippen LogP contribution in [0, 0.1) is 11.6 Å². The van der Waals surface area contributed by atoms with Crippen LogP contribution in [0.2, 0.25) is 0 Å². The van der Waals surface area contributed by atoms with Gasteiger partial charge in [-0.3, -0.25) is 9.59 Å². The summed E-state index contributed by atoms with van der Waals surface area (Å²) in [6.07, 6.45) is 0.539. The quantitative estimate of drug-likeness (QED) is 0.747. The van der Waals surface area contributed by atoms with Crippen molar-refractivity contribution in [2.45, 2.75) is 52.2 Å². The predicted octanol–water partition coefficient (Wildman–Crippen LogP) is 3.84. The van der Waals surface area contributed by atoms with E-state index < -0.39 is 23.6 Å². The van der Waals surface area contributed by atoms with Gasteiger partial charge >= 0.3 is 0 Å². The molecular weight excluding hydrogens is 362 g/mol. The van der Waals surface area contributed by atoms with Crippen LogP contribution in [-0.4, -0.2) is 28.8 Å². The van der Waals surface area contributed by atoms with Gasteiger partial charge < -0.3 is 10.2 Å². The molecule has 0 radical (unpaired) electrons. The van der Waals surface area contributed by atoms with E-state index in [1.165, 1.54) is 23.1 Å². The lowest BCUT2D eigenvalue weighted by molar-refractivity contribution is -0.140. The number of amides is 2. The molecule has 1 N–H and O–H groups in total. The topological polar surface area (TPSA) is 49.4 Å². The summed E-state index contributed by atoms with van der Waals surface area (Å²) in [5, 5.41) is 2.84. The first kappa shape index (κ1) is 21.5. The SMILES string of the molecule is CC[C@H](C)NC(=O)[C@@H](C)N(Cc1ccccc1F)C(=O)Cc1ccccc1F. The van der Waals surface area contributed by atoms with Crippen LogP contribution in [0.3, 0.4) is 0 Å². The third-order valence-corrected chi connectivity index (χ3v) is 4.77. The van der Waals surface area contributed by atoms with E-state index in [9.17, 15) is 18.4 Å². The maximum Gasteiger partial charge on any atom is 0.242 e. The van der Waals surface area contributed by atoms with Crippen molar-refractivity contribution in [3.05, 3.63) is 71.3 Å². The molecular formula is C22H26F2N2O2. The highest BCUT2D eigenvalue weighted by atomic mass is 19.1. The highest BCUT2D eigenvalue weighted by Gasteiger charge is 2.28. The van der Waals surface area contributed by atoms with Gasteiger partial charge in [0.05, 0.1) is 6.42 Å². The van der Waals surface area contributed by atoms with Gasteiger partial charge in [-0.1, -0.05) is 43.3 Å². The number of carbonyl (C=O) groups excluding carboxylic acids is 2. The Hall–Kier alpha value is -2.76. The van der Waals surface area contributed by atoms with E-state index in [0.717, 1.165) is 6.42 Å². The summed E-state index contributed by atoms with van der Waals surface area (Å²) in [5.41, 5.74) is 0.535. The number of nitrogens with zero attached hydrogens (tertiary/aromatic N) is 1. The average Bonchev–Trinajstić information content (AvgIpc) is 2.68. The molecule has 4 nitrogen and oxygen atoms in total. The van der Waals surface area contributed by atoms with E-state index in [1.807, 2.05) is 13.8 Å². The van der Waals surface area contributed by atoms with Gasteiger partial charge in [0, 0.05) is 18.2 Å². The third-order valence-electron chi connectivity index (χ3n) is 4.77. The van der Waals surface area contributed by atoms with Gasteiger partial charge in [0.1, 0.15) is 17.7 Å². The Morgan fingerprint density at radius 3 is 2.04 bits per heavy atom. The van der Waals surface area contributed by atoms with Gasteiger partial charge in [-0.05, 0) is 38.0 Å². The van der Waals surface area contributed by atoms with Crippen LogP contribution in [0.1, 0.15) is 38.3 Å². The molecule has 0 heterocycles. The number of hydrogen-bond donors (Lipinski definition) is 1. The molecule has 28 heavy (non-hydrogen) atoms. The summed E-state index contributed by atoms with van der Waals surface area (Å²) in [5.74, 6) is -1.72. The molecule has 2 aromatic carbocycles. The van der Waals surface area contributed by atoms with Crippen LogP contribution in [-0.2, 0) is 22.6 Å². The van der Waals surface area contributed by atoms with Gasteiger partial charge in [0.15, 0.2) is 0 Å². The highest BCUT2D eigenvalue weighted by Crippen LogP contribution is 2.16. The Morgan fingerprint density at radius 1 is 0.964 bits per heavy atom. The molecule has 150 valence electrons. The molecule has 2 atom stereocenters. The monoisotopic (exact) mass is 388 g/mol. The molecule has 2 aromatic rings. The zero-order chi connectivity index (χ0) is 20.7. The minimum absolute atomic E-state index is 0.0491. The molecule has 0 aromatic heterocycles. The largest absolute Gasteiger partial charge is 0.352 e. The van der Waals surface area contributed by atoms with Crippen molar-refractivity contribution in [2.24, 2.45) is 0 Å². The summed E-state index contributed by atoms with van der Waals surface area (Å²) in [4.78, 5) is 26.8. The lowest BCUT2D eigenvalue weighted by Gasteiger charge is -2.30. The Morgan fingerprint density at radius 2 is 1.50 bits per heavy atom. The molecule has 6 heteroatoms. The Bertz CT molecular complexity index is 826. The zero-order valence-electron chi connectivity index (χ0n) is 16.4. The fraction of sp³-hybridized carbons (Fsp3) is 0.364. The van der Waals surface area contributed by atoms with E-state index in [1.54, 1.807) is 37.3 Å². The minimum Gasteiger partial charge on any atom is -0.352 e. The van der Waals surface area contributed by atoms with Crippen molar-refractivity contribution in [1.29, 1.82) is 0 Å². The molecule has 0 bridgehead atoms. The third kappa shape index (κ3) is 5.62. The van der Waals surface area contributed by atoms with Crippen LogP contribution in [0.25, 0.3) is 0 Å². The summed E-state index contributed by atoms with van der Waals surface area (Å²) in [6, 6.07) is 11.2. The molecule has 0 spiro atoms. The predicted molar refractivity (Wildman–Crippen MR) is 104 cm³/mol. The van der Waals surface area contributed by atoms with Crippen molar-refractivity contribution >= 4 is 11.8 Å². The number of hydrogen-bond acceptors (Lipinski definition) is 2. The van der Waals surface area contributed by atoms with Gasteiger partial charge in [0.2, 0.25) is 11.8 Å². The summed E-state index contributed by atoms with van der Waals surface area (Å²) in [6.45, 7) is 5.33. The second-order valence-corrected chi connectivity index (χ2v) is 6.88. The Balaban J connectivity index is 2.26.